The van der Waals surface area contributed by atoms with E-state index in [2.05, 4.69) is 25.1 Å². The molecule has 0 aliphatic carbocycles. The Balaban J connectivity index is 2.08. The lowest BCUT2D eigenvalue weighted by Gasteiger charge is -2.17. The number of ether oxygens (including phenoxy) is 1. The summed E-state index contributed by atoms with van der Waals surface area (Å²) in [4.78, 5) is 0. The Hall–Kier alpha value is -1.51. The topological polar surface area (TPSA) is 35.2 Å². The van der Waals surface area contributed by atoms with E-state index in [4.69, 9.17) is 22.1 Å². The van der Waals surface area contributed by atoms with Gasteiger partial charge in [0.2, 0.25) is 0 Å². The van der Waals surface area contributed by atoms with Crippen LogP contribution < -0.4 is 10.5 Å². The maximum atomic E-state index is 6.30. The highest BCUT2D eigenvalue weighted by atomic mass is 35.5. The van der Waals surface area contributed by atoms with Crippen LogP contribution in [0, 0.1) is 0 Å². The molecule has 2 nitrogen and oxygen atoms in total. The fourth-order valence-electron chi connectivity index (χ4n) is 2.51. The third-order valence-corrected chi connectivity index (χ3v) is 4.12. The summed E-state index contributed by atoms with van der Waals surface area (Å²) in [6.07, 6.45) is 3.09. The molecule has 1 unspecified atom stereocenters. The zero-order valence-electron chi connectivity index (χ0n) is 13.1. The first-order chi connectivity index (χ1) is 10.7. The first-order valence-corrected chi connectivity index (χ1v) is 8.28. The molecule has 0 spiro atoms. The van der Waals surface area contributed by atoms with Gasteiger partial charge in [-0.3, -0.25) is 0 Å². The third kappa shape index (κ3) is 4.75. The second-order valence-corrected chi connectivity index (χ2v) is 5.91. The summed E-state index contributed by atoms with van der Waals surface area (Å²) in [7, 11) is 0. The molecule has 2 N–H and O–H groups in total. The number of benzene rings is 2. The second-order valence-electron chi connectivity index (χ2n) is 5.51. The number of hydrogen-bond acceptors (Lipinski definition) is 2. The van der Waals surface area contributed by atoms with Crippen LogP contribution in [0.3, 0.4) is 0 Å². The molecule has 3 heteroatoms. The SMILES string of the molecule is CCCCOc1cccc(CC(CN)c2ccccc2Cl)c1. The average molecular weight is 318 g/mol. The van der Waals surface area contributed by atoms with Gasteiger partial charge in [0, 0.05) is 10.9 Å². The molecule has 2 aromatic rings. The van der Waals surface area contributed by atoms with Crippen LogP contribution in [-0.4, -0.2) is 13.2 Å². The standard InChI is InChI=1S/C19H24ClNO/c1-2-3-11-22-17-8-6-7-15(13-17)12-16(14-21)18-9-4-5-10-19(18)20/h4-10,13,16H,2-3,11-12,14,21H2,1H3. The summed E-state index contributed by atoms with van der Waals surface area (Å²) in [6.45, 7) is 3.50. The van der Waals surface area contributed by atoms with E-state index in [1.165, 1.54) is 5.56 Å². The average Bonchev–Trinajstić information content (AvgIpc) is 2.54. The van der Waals surface area contributed by atoms with Crippen molar-refractivity contribution in [2.24, 2.45) is 5.73 Å². The largest absolute Gasteiger partial charge is 0.494 e. The van der Waals surface area contributed by atoms with Crippen molar-refractivity contribution >= 4 is 11.6 Å². The molecule has 1 atom stereocenters. The summed E-state index contributed by atoms with van der Waals surface area (Å²) in [5, 5.41) is 0.785. The van der Waals surface area contributed by atoms with E-state index in [1.54, 1.807) is 0 Å². The Morgan fingerprint density at radius 1 is 1.14 bits per heavy atom. The molecule has 118 valence electrons. The molecule has 0 radical (unpaired) electrons. The fourth-order valence-corrected chi connectivity index (χ4v) is 2.80. The van der Waals surface area contributed by atoms with Gasteiger partial charge in [-0.25, -0.2) is 0 Å². The molecule has 22 heavy (non-hydrogen) atoms. The minimum atomic E-state index is 0.222. The van der Waals surface area contributed by atoms with Crippen LogP contribution in [0.15, 0.2) is 48.5 Å². The molecular formula is C19H24ClNO. The molecule has 0 aromatic heterocycles. The highest BCUT2D eigenvalue weighted by molar-refractivity contribution is 6.31. The van der Waals surface area contributed by atoms with Crippen LogP contribution in [0.25, 0.3) is 0 Å². The predicted molar refractivity (Wildman–Crippen MR) is 93.8 cm³/mol. The summed E-state index contributed by atoms with van der Waals surface area (Å²) >= 11 is 6.30. The van der Waals surface area contributed by atoms with Crippen molar-refractivity contribution in [1.29, 1.82) is 0 Å². The van der Waals surface area contributed by atoms with Crippen molar-refractivity contribution in [2.45, 2.75) is 32.1 Å². The highest BCUT2D eigenvalue weighted by Crippen LogP contribution is 2.27. The number of nitrogens with two attached hydrogens (primary N) is 1. The number of rotatable bonds is 8. The van der Waals surface area contributed by atoms with Gasteiger partial charge in [0.25, 0.3) is 0 Å². The normalized spacial score (nSPS) is 12.1. The Morgan fingerprint density at radius 2 is 1.95 bits per heavy atom. The molecular weight excluding hydrogens is 294 g/mol. The number of unbranched alkanes of at least 4 members (excludes halogenated alkanes) is 1. The molecule has 0 saturated carbocycles. The molecule has 2 rings (SSSR count). The van der Waals surface area contributed by atoms with Crippen LogP contribution in [-0.2, 0) is 6.42 Å². The van der Waals surface area contributed by atoms with Gasteiger partial charge in [0.1, 0.15) is 5.75 Å². The predicted octanol–water partition coefficient (Wildman–Crippen LogP) is 4.80. The Kier molecular flexibility index (Phi) is 6.75. The number of hydrogen-bond donors (Lipinski definition) is 1. The van der Waals surface area contributed by atoms with Crippen LogP contribution in [0.4, 0.5) is 0 Å². The highest BCUT2D eigenvalue weighted by Gasteiger charge is 2.14. The first kappa shape index (κ1) is 16.9. The lowest BCUT2D eigenvalue weighted by atomic mass is 9.92. The van der Waals surface area contributed by atoms with Gasteiger partial charge in [0.05, 0.1) is 6.61 Å². The van der Waals surface area contributed by atoms with Gasteiger partial charge >= 0.3 is 0 Å². The summed E-state index contributed by atoms with van der Waals surface area (Å²) < 4.78 is 5.77. The third-order valence-electron chi connectivity index (χ3n) is 3.78. The van der Waals surface area contributed by atoms with Crippen molar-refractivity contribution in [3.05, 3.63) is 64.7 Å². The van der Waals surface area contributed by atoms with Crippen molar-refractivity contribution in [2.75, 3.05) is 13.2 Å². The minimum absolute atomic E-state index is 0.222. The van der Waals surface area contributed by atoms with Gasteiger partial charge < -0.3 is 10.5 Å². The van der Waals surface area contributed by atoms with Gasteiger partial charge in [-0.05, 0) is 48.7 Å². The molecule has 0 saturated heterocycles. The lowest BCUT2D eigenvalue weighted by Crippen LogP contribution is -2.15. The van der Waals surface area contributed by atoms with Crippen molar-refractivity contribution < 1.29 is 4.74 Å². The van der Waals surface area contributed by atoms with E-state index < -0.39 is 0 Å². The van der Waals surface area contributed by atoms with E-state index in [0.717, 1.165) is 42.2 Å². The van der Waals surface area contributed by atoms with Crippen LogP contribution in [0.1, 0.15) is 36.8 Å². The Bertz CT molecular complexity index is 585. The summed E-state index contributed by atoms with van der Waals surface area (Å²) in [5.74, 6) is 1.15. The van der Waals surface area contributed by atoms with E-state index in [9.17, 15) is 0 Å². The lowest BCUT2D eigenvalue weighted by molar-refractivity contribution is 0.309. The van der Waals surface area contributed by atoms with E-state index in [0.29, 0.717) is 6.54 Å². The van der Waals surface area contributed by atoms with Crippen molar-refractivity contribution in [3.63, 3.8) is 0 Å². The molecule has 0 fully saturated rings. The quantitative estimate of drug-likeness (QED) is 0.709. The van der Waals surface area contributed by atoms with Crippen molar-refractivity contribution in [1.82, 2.24) is 0 Å². The summed E-state index contributed by atoms with van der Waals surface area (Å²) in [6, 6.07) is 16.2. The molecule has 0 heterocycles. The van der Waals surface area contributed by atoms with E-state index >= 15 is 0 Å². The smallest absolute Gasteiger partial charge is 0.119 e. The maximum absolute atomic E-state index is 6.30. The Labute approximate surface area is 138 Å². The fraction of sp³-hybridized carbons (Fsp3) is 0.368. The second kappa shape index (κ2) is 8.82. The van der Waals surface area contributed by atoms with Crippen molar-refractivity contribution in [3.8, 4) is 5.75 Å². The van der Waals surface area contributed by atoms with Crippen LogP contribution in [0.2, 0.25) is 5.02 Å². The molecule has 0 amide bonds. The first-order valence-electron chi connectivity index (χ1n) is 7.90. The monoisotopic (exact) mass is 317 g/mol. The van der Waals surface area contributed by atoms with Gasteiger partial charge in [0.15, 0.2) is 0 Å². The molecule has 0 bridgehead atoms. The maximum Gasteiger partial charge on any atom is 0.119 e. The van der Waals surface area contributed by atoms with Crippen LogP contribution in [0.5, 0.6) is 5.75 Å². The summed E-state index contributed by atoms with van der Waals surface area (Å²) in [5.41, 5.74) is 8.31. The van der Waals surface area contributed by atoms with Crippen LogP contribution >= 0.6 is 11.6 Å². The van der Waals surface area contributed by atoms with Gasteiger partial charge in [-0.2, -0.15) is 0 Å². The van der Waals surface area contributed by atoms with E-state index in [-0.39, 0.29) is 5.92 Å². The molecule has 2 aromatic carbocycles. The van der Waals surface area contributed by atoms with E-state index in [1.807, 2.05) is 30.3 Å². The zero-order valence-corrected chi connectivity index (χ0v) is 13.9. The molecule has 0 aliphatic rings. The number of halogens is 1. The van der Waals surface area contributed by atoms with Gasteiger partial charge in [-0.15, -0.1) is 0 Å². The zero-order chi connectivity index (χ0) is 15.8. The van der Waals surface area contributed by atoms with Gasteiger partial charge in [-0.1, -0.05) is 55.3 Å². The molecule has 0 aliphatic heterocycles. The Morgan fingerprint density at radius 3 is 2.68 bits per heavy atom. The minimum Gasteiger partial charge on any atom is -0.494 e.